The van der Waals surface area contributed by atoms with Crippen LogP contribution in [0.2, 0.25) is 0 Å². The Morgan fingerprint density at radius 1 is 1.19 bits per heavy atom. The van der Waals surface area contributed by atoms with Crippen molar-refractivity contribution in [1.82, 2.24) is 0 Å². The number of benzene rings is 2. The Morgan fingerprint density at radius 3 is 2.81 bits per heavy atom. The van der Waals surface area contributed by atoms with Gasteiger partial charge in [0.15, 0.2) is 0 Å². The van der Waals surface area contributed by atoms with Gasteiger partial charge in [-0.25, -0.2) is 0 Å². The van der Waals surface area contributed by atoms with Gasteiger partial charge in [0.2, 0.25) is 0 Å². The Bertz CT molecular complexity index is 635. The quantitative estimate of drug-likeness (QED) is 0.912. The average molecular weight is 281 g/mol. The van der Waals surface area contributed by atoms with E-state index in [1.807, 2.05) is 6.07 Å². The third-order valence-electron chi connectivity index (χ3n) is 4.45. The zero-order valence-electron chi connectivity index (χ0n) is 12.8. The summed E-state index contributed by atoms with van der Waals surface area (Å²) in [5.74, 6) is 1.52. The lowest BCUT2D eigenvalue weighted by atomic mass is 9.85. The van der Waals surface area contributed by atoms with Crippen molar-refractivity contribution in [2.75, 3.05) is 6.61 Å². The SMILES string of the molecule is Cc1ccc(C(N)CC2CCOc3ccccc32)c(C)c1. The first-order chi connectivity index (χ1) is 10.1. The van der Waals surface area contributed by atoms with E-state index < -0.39 is 0 Å². The molecule has 0 saturated carbocycles. The summed E-state index contributed by atoms with van der Waals surface area (Å²) in [6.45, 7) is 5.07. The molecule has 21 heavy (non-hydrogen) atoms. The summed E-state index contributed by atoms with van der Waals surface area (Å²) in [4.78, 5) is 0. The van der Waals surface area contributed by atoms with E-state index in [-0.39, 0.29) is 6.04 Å². The van der Waals surface area contributed by atoms with Crippen molar-refractivity contribution >= 4 is 0 Å². The van der Waals surface area contributed by atoms with E-state index in [1.54, 1.807) is 0 Å². The van der Waals surface area contributed by atoms with Crippen molar-refractivity contribution in [2.45, 2.75) is 38.6 Å². The van der Waals surface area contributed by atoms with E-state index in [4.69, 9.17) is 10.5 Å². The van der Waals surface area contributed by atoms with Crippen LogP contribution < -0.4 is 10.5 Å². The average Bonchev–Trinajstić information content (AvgIpc) is 2.47. The van der Waals surface area contributed by atoms with Crippen LogP contribution in [0, 0.1) is 13.8 Å². The molecule has 0 bridgehead atoms. The van der Waals surface area contributed by atoms with Gasteiger partial charge in [-0.2, -0.15) is 0 Å². The van der Waals surface area contributed by atoms with Crippen LogP contribution in [0.4, 0.5) is 0 Å². The molecule has 2 unspecified atom stereocenters. The molecule has 1 aliphatic heterocycles. The zero-order chi connectivity index (χ0) is 14.8. The van der Waals surface area contributed by atoms with Crippen LogP contribution in [0.15, 0.2) is 42.5 Å². The van der Waals surface area contributed by atoms with Crippen molar-refractivity contribution in [3.63, 3.8) is 0 Å². The van der Waals surface area contributed by atoms with Gasteiger partial charge in [0.05, 0.1) is 6.61 Å². The second-order valence-corrected chi connectivity index (χ2v) is 6.07. The standard InChI is InChI=1S/C19H23NO/c1-13-7-8-16(14(2)11-13)18(20)12-15-9-10-21-19-6-4-3-5-17(15)19/h3-8,11,15,18H,9-10,12,20H2,1-2H3. The summed E-state index contributed by atoms with van der Waals surface area (Å²) in [5.41, 5.74) is 11.7. The molecule has 1 aliphatic rings. The number of ether oxygens (including phenoxy) is 1. The molecule has 1 heterocycles. The highest BCUT2D eigenvalue weighted by atomic mass is 16.5. The van der Waals surface area contributed by atoms with Crippen LogP contribution >= 0.6 is 0 Å². The Hall–Kier alpha value is -1.80. The van der Waals surface area contributed by atoms with E-state index >= 15 is 0 Å². The molecule has 110 valence electrons. The smallest absolute Gasteiger partial charge is 0.122 e. The van der Waals surface area contributed by atoms with Crippen LogP contribution in [0.3, 0.4) is 0 Å². The number of aryl methyl sites for hydroxylation is 2. The Balaban J connectivity index is 1.81. The molecule has 2 aromatic carbocycles. The summed E-state index contributed by atoms with van der Waals surface area (Å²) in [7, 11) is 0. The maximum Gasteiger partial charge on any atom is 0.122 e. The van der Waals surface area contributed by atoms with Crippen molar-refractivity contribution in [3.8, 4) is 5.75 Å². The molecular formula is C19H23NO. The minimum Gasteiger partial charge on any atom is -0.493 e. The van der Waals surface area contributed by atoms with Crippen molar-refractivity contribution in [1.29, 1.82) is 0 Å². The number of hydrogen-bond acceptors (Lipinski definition) is 2. The second kappa shape index (κ2) is 5.90. The van der Waals surface area contributed by atoms with Crippen LogP contribution in [0.5, 0.6) is 5.75 Å². The van der Waals surface area contributed by atoms with Gasteiger partial charge >= 0.3 is 0 Å². The topological polar surface area (TPSA) is 35.2 Å². The van der Waals surface area contributed by atoms with E-state index in [1.165, 1.54) is 22.3 Å². The van der Waals surface area contributed by atoms with Crippen LogP contribution in [-0.2, 0) is 0 Å². The number of nitrogens with two attached hydrogens (primary N) is 1. The molecule has 0 aliphatic carbocycles. The highest BCUT2D eigenvalue weighted by molar-refractivity contribution is 5.39. The minimum atomic E-state index is 0.0850. The van der Waals surface area contributed by atoms with E-state index in [2.05, 4.69) is 50.2 Å². The number of rotatable bonds is 3. The van der Waals surface area contributed by atoms with Gasteiger partial charge in [0.25, 0.3) is 0 Å². The normalized spacial score (nSPS) is 18.7. The third kappa shape index (κ3) is 2.96. The van der Waals surface area contributed by atoms with Gasteiger partial charge < -0.3 is 10.5 Å². The number of para-hydroxylation sites is 1. The first kappa shape index (κ1) is 14.2. The van der Waals surface area contributed by atoms with Crippen LogP contribution in [0.25, 0.3) is 0 Å². The molecule has 0 amide bonds. The van der Waals surface area contributed by atoms with Gasteiger partial charge in [-0.1, -0.05) is 42.0 Å². The summed E-state index contributed by atoms with van der Waals surface area (Å²) < 4.78 is 5.74. The monoisotopic (exact) mass is 281 g/mol. The molecule has 2 N–H and O–H groups in total. The first-order valence-electron chi connectivity index (χ1n) is 7.69. The fourth-order valence-corrected chi connectivity index (χ4v) is 3.34. The van der Waals surface area contributed by atoms with Crippen LogP contribution in [-0.4, -0.2) is 6.61 Å². The molecule has 0 aromatic heterocycles. The molecular weight excluding hydrogens is 258 g/mol. The summed E-state index contributed by atoms with van der Waals surface area (Å²) >= 11 is 0. The summed E-state index contributed by atoms with van der Waals surface area (Å²) in [5, 5.41) is 0. The molecule has 2 heteroatoms. The Labute approximate surface area is 126 Å². The number of fused-ring (bicyclic) bond motifs is 1. The number of hydrogen-bond donors (Lipinski definition) is 1. The van der Waals surface area contributed by atoms with E-state index in [0.717, 1.165) is 25.2 Å². The maximum absolute atomic E-state index is 6.49. The van der Waals surface area contributed by atoms with E-state index in [9.17, 15) is 0 Å². The summed E-state index contributed by atoms with van der Waals surface area (Å²) in [6, 6.07) is 15.0. The summed E-state index contributed by atoms with van der Waals surface area (Å²) in [6.07, 6.45) is 2.03. The minimum absolute atomic E-state index is 0.0850. The predicted octanol–water partition coefficient (Wildman–Crippen LogP) is 4.26. The van der Waals surface area contributed by atoms with Gasteiger partial charge in [0, 0.05) is 6.04 Å². The van der Waals surface area contributed by atoms with Gasteiger partial charge in [0.1, 0.15) is 5.75 Å². The fourth-order valence-electron chi connectivity index (χ4n) is 3.34. The largest absolute Gasteiger partial charge is 0.493 e. The molecule has 2 aromatic rings. The van der Waals surface area contributed by atoms with Gasteiger partial charge in [-0.3, -0.25) is 0 Å². The Morgan fingerprint density at radius 2 is 2.00 bits per heavy atom. The molecule has 0 fully saturated rings. The molecule has 0 radical (unpaired) electrons. The first-order valence-corrected chi connectivity index (χ1v) is 7.69. The van der Waals surface area contributed by atoms with Crippen molar-refractivity contribution in [3.05, 3.63) is 64.7 Å². The third-order valence-corrected chi connectivity index (χ3v) is 4.45. The zero-order valence-corrected chi connectivity index (χ0v) is 12.8. The van der Waals surface area contributed by atoms with Crippen molar-refractivity contribution in [2.24, 2.45) is 5.73 Å². The highest BCUT2D eigenvalue weighted by Gasteiger charge is 2.24. The van der Waals surface area contributed by atoms with Gasteiger partial charge in [-0.15, -0.1) is 0 Å². The molecule has 0 spiro atoms. The van der Waals surface area contributed by atoms with Crippen molar-refractivity contribution < 1.29 is 4.74 Å². The Kier molecular flexibility index (Phi) is 3.98. The second-order valence-electron chi connectivity index (χ2n) is 6.07. The van der Waals surface area contributed by atoms with Gasteiger partial charge in [-0.05, 0) is 55.4 Å². The predicted molar refractivity (Wildman–Crippen MR) is 86.8 cm³/mol. The lowest BCUT2D eigenvalue weighted by Crippen LogP contribution is -2.20. The highest BCUT2D eigenvalue weighted by Crippen LogP contribution is 2.38. The van der Waals surface area contributed by atoms with Crippen LogP contribution in [0.1, 0.15) is 47.1 Å². The molecule has 2 atom stereocenters. The maximum atomic E-state index is 6.49. The lowest BCUT2D eigenvalue weighted by molar-refractivity contribution is 0.259. The molecule has 0 saturated heterocycles. The van der Waals surface area contributed by atoms with E-state index in [0.29, 0.717) is 5.92 Å². The lowest BCUT2D eigenvalue weighted by Gasteiger charge is -2.28. The molecule has 3 rings (SSSR count). The fraction of sp³-hybridized carbons (Fsp3) is 0.368. The molecule has 2 nitrogen and oxygen atoms in total.